The third kappa shape index (κ3) is 4.99. The van der Waals surface area contributed by atoms with Crippen molar-refractivity contribution in [1.29, 1.82) is 0 Å². The molecule has 0 spiro atoms. The van der Waals surface area contributed by atoms with Crippen LogP contribution < -0.4 is 4.74 Å². The molecule has 1 saturated heterocycles. The van der Waals surface area contributed by atoms with E-state index in [9.17, 15) is 19.7 Å². The second-order valence-corrected chi connectivity index (χ2v) is 10.3. The molecule has 1 aliphatic heterocycles. The first-order chi connectivity index (χ1) is 18.1. The van der Waals surface area contributed by atoms with Gasteiger partial charge in [0.25, 0.3) is 11.5 Å². The zero-order valence-electron chi connectivity index (χ0n) is 20.5. The lowest BCUT2D eigenvalue weighted by Gasteiger charge is -2.36. The lowest BCUT2D eigenvalue weighted by atomic mass is 9.79. The molecule has 10 heteroatoms. The number of aromatic nitrogens is 1. The number of H-pyrrole nitrogens is 1. The van der Waals surface area contributed by atoms with Gasteiger partial charge in [0.2, 0.25) is 0 Å². The Bertz CT molecular complexity index is 1540. The summed E-state index contributed by atoms with van der Waals surface area (Å²) < 4.78 is 17.8. The van der Waals surface area contributed by atoms with Gasteiger partial charge < -0.3 is 19.2 Å². The van der Waals surface area contributed by atoms with Crippen LogP contribution in [-0.4, -0.2) is 27.6 Å². The van der Waals surface area contributed by atoms with Crippen LogP contribution in [0.1, 0.15) is 36.5 Å². The first-order valence-electron chi connectivity index (χ1n) is 11.8. The van der Waals surface area contributed by atoms with Crippen molar-refractivity contribution in [2.45, 2.75) is 32.2 Å². The van der Waals surface area contributed by atoms with Crippen molar-refractivity contribution in [3.05, 3.63) is 104 Å². The van der Waals surface area contributed by atoms with Crippen molar-refractivity contribution in [3.63, 3.8) is 0 Å². The van der Waals surface area contributed by atoms with Gasteiger partial charge in [-0.25, -0.2) is 0 Å². The highest BCUT2D eigenvalue weighted by atomic mass is 79.9. The number of carbonyl (C=O) groups excluding carboxylic acids is 2. The van der Waals surface area contributed by atoms with E-state index in [1.54, 1.807) is 36.5 Å². The van der Waals surface area contributed by atoms with Gasteiger partial charge in [-0.3, -0.25) is 19.7 Å². The van der Waals surface area contributed by atoms with E-state index in [0.717, 1.165) is 10.9 Å². The Balaban J connectivity index is 1.61. The zero-order valence-corrected chi connectivity index (χ0v) is 22.1. The molecular formula is C28H23BrN2O7. The molecule has 1 aliphatic rings. The van der Waals surface area contributed by atoms with E-state index >= 15 is 0 Å². The number of para-hydroxylation sites is 1. The predicted octanol–water partition coefficient (Wildman–Crippen LogP) is 6.00. The predicted molar refractivity (Wildman–Crippen MR) is 141 cm³/mol. The molecule has 1 atom stereocenters. The number of benzene rings is 3. The van der Waals surface area contributed by atoms with Crippen LogP contribution >= 0.6 is 15.9 Å². The minimum Gasteiger partial charge on any atom is -0.489 e. The number of cyclic esters (lactones) is 2. The fourth-order valence-corrected chi connectivity index (χ4v) is 5.07. The topological polar surface area (TPSA) is 121 Å². The summed E-state index contributed by atoms with van der Waals surface area (Å²) >= 11 is 3.50. The number of nitro groups is 1. The Kier molecular flexibility index (Phi) is 6.66. The molecule has 9 nitrogen and oxygen atoms in total. The normalized spacial score (nSPS) is 16.1. The Morgan fingerprint density at radius 3 is 2.50 bits per heavy atom. The smallest absolute Gasteiger partial charge is 0.324 e. The van der Waals surface area contributed by atoms with Crippen LogP contribution in [0.25, 0.3) is 10.9 Å². The average Bonchev–Trinajstić information content (AvgIpc) is 3.29. The molecule has 0 amide bonds. The Morgan fingerprint density at radius 2 is 1.76 bits per heavy atom. The maximum Gasteiger partial charge on any atom is 0.324 e. The van der Waals surface area contributed by atoms with E-state index in [0.29, 0.717) is 26.9 Å². The minimum atomic E-state index is -1.38. The summed E-state index contributed by atoms with van der Waals surface area (Å²) in [7, 11) is 0. The third-order valence-corrected chi connectivity index (χ3v) is 6.81. The Labute approximate surface area is 226 Å². The van der Waals surface area contributed by atoms with Crippen molar-refractivity contribution >= 4 is 44.5 Å². The number of nitrogens with one attached hydrogen (secondary N) is 1. The number of fused-ring (bicyclic) bond motifs is 1. The van der Waals surface area contributed by atoms with Crippen LogP contribution in [0.3, 0.4) is 0 Å². The molecule has 4 aromatic rings. The number of halogens is 1. The number of hydrogen-bond donors (Lipinski definition) is 1. The largest absolute Gasteiger partial charge is 0.489 e. The molecule has 5 rings (SSSR count). The molecule has 1 fully saturated rings. The summed E-state index contributed by atoms with van der Waals surface area (Å²) in [5.41, 5.74) is 2.62. The first kappa shape index (κ1) is 25.5. The van der Waals surface area contributed by atoms with E-state index in [-0.39, 0.29) is 12.3 Å². The van der Waals surface area contributed by atoms with Gasteiger partial charge in [0, 0.05) is 59.0 Å². The van der Waals surface area contributed by atoms with Crippen LogP contribution in [0.15, 0.2) is 77.4 Å². The SMILES string of the molecule is CC1(C)OC(=O)C([C@@H](c2cc(Br)ccc2OCc2cccc([N+](=O)[O-])c2)c2c[nH]c3ccccc23)C(=O)O1. The number of nitro benzene ring substituents is 1. The fraction of sp³-hybridized carbons (Fsp3) is 0.214. The number of rotatable bonds is 7. The van der Waals surface area contributed by atoms with Crippen LogP contribution in [0.4, 0.5) is 5.69 Å². The van der Waals surface area contributed by atoms with E-state index in [1.807, 2.05) is 24.3 Å². The number of non-ortho nitro benzene ring substituents is 1. The minimum absolute atomic E-state index is 0.0313. The van der Waals surface area contributed by atoms with Crippen LogP contribution in [0.5, 0.6) is 5.75 Å². The van der Waals surface area contributed by atoms with Gasteiger partial charge in [0.1, 0.15) is 12.4 Å². The van der Waals surface area contributed by atoms with Crippen molar-refractivity contribution in [3.8, 4) is 5.75 Å². The highest BCUT2D eigenvalue weighted by Gasteiger charge is 2.49. The molecule has 1 N–H and O–H groups in total. The molecule has 0 radical (unpaired) electrons. The van der Waals surface area contributed by atoms with E-state index in [4.69, 9.17) is 14.2 Å². The second-order valence-electron chi connectivity index (χ2n) is 9.38. The number of nitrogens with zero attached hydrogens (tertiary/aromatic N) is 1. The molecule has 194 valence electrons. The summed E-state index contributed by atoms with van der Waals surface area (Å²) in [6, 6.07) is 19.0. The molecule has 0 unspecified atom stereocenters. The molecule has 3 aromatic carbocycles. The van der Waals surface area contributed by atoms with Gasteiger partial charge in [0.15, 0.2) is 5.92 Å². The number of esters is 2. The number of aromatic amines is 1. The van der Waals surface area contributed by atoms with Crippen LogP contribution in [0, 0.1) is 16.0 Å². The molecule has 2 heterocycles. The Morgan fingerprint density at radius 1 is 1.03 bits per heavy atom. The monoisotopic (exact) mass is 578 g/mol. The number of hydrogen-bond acceptors (Lipinski definition) is 7. The zero-order chi connectivity index (χ0) is 27.0. The van der Waals surface area contributed by atoms with Gasteiger partial charge in [0.05, 0.1) is 4.92 Å². The first-order valence-corrected chi connectivity index (χ1v) is 12.6. The molecule has 0 bridgehead atoms. The lowest BCUT2D eigenvalue weighted by molar-refractivity contribution is -0.384. The van der Waals surface area contributed by atoms with Crippen molar-refractivity contribution < 1.29 is 28.7 Å². The third-order valence-electron chi connectivity index (χ3n) is 6.31. The maximum atomic E-state index is 13.3. The summed E-state index contributed by atoms with van der Waals surface area (Å²) in [4.78, 5) is 40.5. The molecule has 1 aromatic heterocycles. The molecule has 0 saturated carbocycles. The summed E-state index contributed by atoms with van der Waals surface area (Å²) in [5, 5.41) is 12.0. The Hall–Kier alpha value is -4.18. The summed E-state index contributed by atoms with van der Waals surface area (Å²) in [5.74, 6) is -4.50. The molecule has 38 heavy (non-hydrogen) atoms. The standard InChI is InChI=1S/C28H23BrN2O7/c1-28(2)37-26(32)25(27(33)38-28)24(21-14-30-22-9-4-3-8-19(21)22)20-13-17(29)10-11-23(20)36-15-16-6-5-7-18(12-16)31(34)35/h3-14,24-25,30H,15H2,1-2H3/t24-/m0/s1. The van der Waals surface area contributed by atoms with Crippen LogP contribution in [0.2, 0.25) is 0 Å². The second kappa shape index (κ2) is 9.94. The number of carbonyl (C=O) groups is 2. The highest BCUT2D eigenvalue weighted by Crippen LogP contribution is 2.44. The van der Waals surface area contributed by atoms with E-state index in [2.05, 4.69) is 20.9 Å². The van der Waals surface area contributed by atoms with Gasteiger partial charge in [-0.1, -0.05) is 46.3 Å². The number of ether oxygens (including phenoxy) is 3. The molecular weight excluding hydrogens is 556 g/mol. The summed E-state index contributed by atoms with van der Waals surface area (Å²) in [6.45, 7) is 3.04. The lowest BCUT2D eigenvalue weighted by Crippen LogP contribution is -2.48. The van der Waals surface area contributed by atoms with E-state index < -0.39 is 34.5 Å². The van der Waals surface area contributed by atoms with Gasteiger partial charge in [-0.15, -0.1) is 0 Å². The van der Waals surface area contributed by atoms with Gasteiger partial charge in [-0.05, 0) is 35.4 Å². The van der Waals surface area contributed by atoms with Gasteiger partial charge in [-0.2, -0.15) is 0 Å². The summed E-state index contributed by atoms with van der Waals surface area (Å²) in [6.07, 6.45) is 1.76. The van der Waals surface area contributed by atoms with Crippen molar-refractivity contribution in [2.75, 3.05) is 0 Å². The van der Waals surface area contributed by atoms with Crippen LogP contribution in [-0.2, 0) is 25.7 Å². The highest BCUT2D eigenvalue weighted by molar-refractivity contribution is 9.10. The van der Waals surface area contributed by atoms with Crippen molar-refractivity contribution in [1.82, 2.24) is 4.98 Å². The van der Waals surface area contributed by atoms with Gasteiger partial charge >= 0.3 is 11.9 Å². The molecule has 0 aliphatic carbocycles. The average molecular weight is 579 g/mol. The van der Waals surface area contributed by atoms with E-state index in [1.165, 1.54) is 26.0 Å². The quantitative estimate of drug-likeness (QED) is 0.123. The fourth-order valence-electron chi connectivity index (χ4n) is 4.69. The maximum absolute atomic E-state index is 13.3. The van der Waals surface area contributed by atoms with Crippen molar-refractivity contribution in [2.24, 2.45) is 5.92 Å².